The van der Waals surface area contributed by atoms with E-state index >= 15 is 0 Å². The highest BCUT2D eigenvalue weighted by molar-refractivity contribution is 7.18. The van der Waals surface area contributed by atoms with E-state index in [-0.39, 0.29) is 11.4 Å². The van der Waals surface area contributed by atoms with Gasteiger partial charge in [0.05, 0.1) is 26.5 Å². The molecule has 1 amide bonds. The van der Waals surface area contributed by atoms with Gasteiger partial charge in [0.15, 0.2) is 5.69 Å². The SMILES string of the molecule is Cc1cc(=O)c(C(=O)NCCCc2nc3ccccc3s2)nn1-c1cccc(C(F)(F)F)c1. The second kappa shape index (κ2) is 9.14. The summed E-state index contributed by atoms with van der Waals surface area (Å²) in [5.41, 5.74) is -0.474. The number of hydrogen-bond donors (Lipinski definition) is 1. The molecule has 10 heteroatoms. The third-order valence-corrected chi connectivity index (χ3v) is 6.03. The van der Waals surface area contributed by atoms with Gasteiger partial charge in [-0.2, -0.15) is 18.3 Å². The minimum Gasteiger partial charge on any atom is -0.351 e. The van der Waals surface area contributed by atoms with Gasteiger partial charge in [0.25, 0.3) is 5.91 Å². The average Bonchev–Trinajstić information content (AvgIpc) is 3.19. The van der Waals surface area contributed by atoms with E-state index in [0.717, 1.165) is 32.0 Å². The first-order chi connectivity index (χ1) is 15.7. The number of aryl methyl sites for hydroxylation is 2. The number of halogens is 3. The fourth-order valence-electron chi connectivity index (χ4n) is 3.33. The number of aromatic nitrogens is 3. The summed E-state index contributed by atoms with van der Waals surface area (Å²) in [4.78, 5) is 29.4. The normalized spacial score (nSPS) is 11.6. The van der Waals surface area contributed by atoms with Gasteiger partial charge in [-0.15, -0.1) is 11.3 Å². The lowest BCUT2D eigenvalue weighted by molar-refractivity contribution is -0.137. The number of thiazole rings is 1. The predicted molar refractivity (Wildman–Crippen MR) is 120 cm³/mol. The largest absolute Gasteiger partial charge is 0.416 e. The molecule has 170 valence electrons. The van der Waals surface area contributed by atoms with E-state index in [0.29, 0.717) is 25.1 Å². The number of carbonyl (C=O) groups is 1. The molecule has 0 aliphatic rings. The molecule has 1 N–H and O–H groups in total. The summed E-state index contributed by atoms with van der Waals surface area (Å²) in [5.74, 6) is -0.676. The van der Waals surface area contributed by atoms with Gasteiger partial charge in [-0.25, -0.2) is 9.67 Å². The number of para-hydroxylation sites is 1. The highest BCUT2D eigenvalue weighted by Crippen LogP contribution is 2.30. The molecule has 6 nitrogen and oxygen atoms in total. The molecule has 0 saturated heterocycles. The van der Waals surface area contributed by atoms with Crippen LogP contribution in [0.2, 0.25) is 0 Å². The Morgan fingerprint density at radius 2 is 1.91 bits per heavy atom. The second-order valence-corrected chi connectivity index (χ2v) is 8.51. The van der Waals surface area contributed by atoms with Crippen LogP contribution in [0.4, 0.5) is 13.2 Å². The number of hydrogen-bond acceptors (Lipinski definition) is 5. The number of amides is 1. The van der Waals surface area contributed by atoms with Crippen LogP contribution in [0, 0.1) is 6.92 Å². The van der Waals surface area contributed by atoms with Gasteiger partial charge in [-0.05, 0) is 43.7 Å². The van der Waals surface area contributed by atoms with E-state index in [4.69, 9.17) is 0 Å². The molecule has 33 heavy (non-hydrogen) atoms. The third kappa shape index (κ3) is 5.11. The molecule has 0 unspecified atom stereocenters. The molecule has 2 heterocycles. The number of fused-ring (bicyclic) bond motifs is 1. The van der Waals surface area contributed by atoms with Crippen LogP contribution in [0.25, 0.3) is 15.9 Å². The van der Waals surface area contributed by atoms with Crippen LogP contribution >= 0.6 is 11.3 Å². The Morgan fingerprint density at radius 3 is 2.67 bits per heavy atom. The molecule has 2 aromatic carbocycles. The zero-order valence-corrected chi connectivity index (χ0v) is 18.3. The van der Waals surface area contributed by atoms with Crippen molar-refractivity contribution in [2.24, 2.45) is 0 Å². The molecule has 0 atom stereocenters. The van der Waals surface area contributed by atoms with E-state index in [2.05, 4.69) is 15.4 Å². The van der Waals surface area contributed by atoms with Gasteiger partial charge < -0.3 is 5.32 Å². The highest BCUT2D eigenvalue weighted by atomic mass is 32.1. The average molecular weight is 472 g/mol. The van der Waals surface area contributed by atoms with Crippen molar-refractivity contribution in [1.82, 2.24) is 20.1 Å². The monoisotopic (exact) mass is 472 g/mol. The van der Waals surface area contributed by atoms with Gasteiger partial charge in [-0.3, -0.25) is 9.59 Å². The molecule has 4 rings (SSSR count). The first-order valence-corrected chi connectivity index (χ1v) is 11.0. The lowest BCUT2D eigenvalue weighted by Gasteiger charge is -2.13. The zero-order chi connectivity index (χ0) is 23.6. The Morgan fingerprint density at radius 1 is 1.12 bits per heavy atom. The standard InChI is InChI=1S/C23H19F3N4O2S/c1-14-12-18(31)21(29-30(14)16-7-4-6-15(13-16)23(24,25)26)22(32)27-11-5-10-20-28-17-8-2-3-9-19(17)33-20/h2-4,6-9,12-13H,5,10-11H2,1H3,(H,27,32). The van der Waals surface area contributed by atoms with Crippen LogP contribution in [0.15, 0.2) is 59.4 Å². The smallest absolute Gasteiger partial charge is 0.351 e. The fraction of sp³-hybridized carbons (Fsp3) is 0.217. The molecule has 4 aromatic rings. The van der Waals surface area contributed by atoms with Gasteiger partial charge in [-0.1, -0.05) is 18.2 Å². The molecular weight excluding hydrogens is 453 g/mol. The Hall–Kier alpha value is -3.53. The van der Waals surface area contributed by atoms with E-state index in [1.165, 1.54) is 25.1 Å². The first-order valence-electron chi connectivity index (χ1n) is 10.1. The van der Waals surface area contributed by atoms with Gasteiger partial charge >= 0.3 is 6.18 Å². The number of alkyl halides is 3. The molecular formula is C23H19F3N4O2S. The summed E-state index contributed by atoms with van der Waals surface area (Å²) in [6, 6.07) is 13.5. The maximum atomic E-state index is 13.1. The minimum absolute atomic E-state index is 0.104. The fourth-order valence-corrected chi connectivity index (χ4v) is 4.34. The van der Waals surface area contributed by atoms with Crippen LogP contribution in [-0.2, 0) is 12.6 Å². The summed E-state index contributed by atoms with van der Waals surface area (Å²) in [7, 11) is 0. The second-order valence-electron chi connectivity index (χ2n) is 7.39. The molecule has 0 bridgehead atoms. The van der Waals surface area contributed by atoms with Gasteiger partial charge in [0, 0.05) is 24.7 Å². The maximum absolute atomic E-state index is 13.1. The van der Waals surface area contributed by atoms with Crippen LogP contribution < -0.4 is 10.7 Å². The van der Waals surface area contributed by atoms with E-state index in [9.17, 15) is 22.8 Å². The minimum atomic E-state index is -4.52. The van der Waals surface area contributed by atoms with Crippen LogP contribution in [0.1, 0.15) is 33.2 Å². The lowest BCUT2D eigenvalue weighted by Crippen LogP contribution is -2.32. The third-order valence-electron chi connectivity index (χ3n) is 4.93. The van der Waals surface area contributed by atoms with Crippen molar-refractivity contribution in [3.8, 4) is 5.69 Å². The topological polar surface area (TPSA) is 76.9 Å². The number of nitrogens with zero attached hydrogens (tertiary/aromatic N) is 3. The summed E-state index contributed by atoms with van der Waals surface area (Å²) >= 11 is 1.59. The molecule has 0 aliphatic carbocycles. The van der Waals surface area contributed by atoms with Gasteiger partial charge in [0.2, 0.25) is 5.43 Å². The van der Waals surface area contributed by atoms with Crippen molar-refractivity contribution in [2.75, 3.05) is 6.54 Å². The summed E-state index contributed by atoms with van der Waals surface area (Å²) in [6.45, 7) is 1.83. The zero-order valence-electron chi connectivity index (χ0n) is 17.5. The quantitative estimate of drug-likeness (QED) is 0.418. The number of benzene rings is 2. The van der Waals surface area contributed by atoms with E-state index < -0.39 is 23.1 Å². The van der Waals surface area contributed by atoms with Crippen LogP contribution in [0.5, 0.6) is 0 Å². The Labute approximate surface area is 190 Å². The number of rotatable bonds is 6. The van der Waals surface area contributed by atoms with Crippen molar-refractivity contribution >= 4 is 27.5 Å². The van der Waals surface area contributed by atoms with Crippen molar-refractivity contribution < 1.29 is 18.0 Å². The van der Waals surface area contributed by atoms with Gasteiger partial charge in [0.1, 0.15) is 0 Å². The molecule has 0 fully saturated rings. The molecule has 0 aliphatic heterocycles. The van der Waals surface area contributed by atoms with E-state index in [1.54, 1.807) is 11.3 Å². The van der Waals surface area contributed by atoms with Crippen molar-refractivity contribution in [3.63, 3.8) is 0 Å². The molecule has 2 aromatic heterocycles. The van der Waals surface area contributed by atoms with E-state index in [1.807, 2.05) is 24.3 Å². The summed E-state index contributed by atoms with van der Waals surface area (Å²) in [5, 5.41) is 7.65. The Balaban J connectivity index is 1.46. The number of carbonyl (C=O) groups excluding carboxylic acids is 1. The molecule has 0 spiro atoms. The molecule has 0 radical (unpaired) electrons. The summed E-state index contributed by atoms with van der Waals surface area (Å²) in [6.07, 6.45) is -3.25. The summed E-state index contributed by atoms with van der Waals surface area (Å²) < 4.78 is 41.4. The van der Waals surface area contributed by atoms with Crippen LogP contribution in [0.3, 0.4) is 0 Å². The molecule has 0 saturated carbocycles. The van der Waals surface area contributed by atoms with Crippen molar-refractivity contribution in [1.29, 1.82) is 0 Å². The Bertz CT molecular complexity index is 1350. The van der Waals surface area contributed by atoms with Crippen LogP contribution in [-0.4, -0.2) is 27.2 Å². The Kier molecular flexibility index (Phi) is 6.28. The van der Waals surface area contributed by atoms with Crippen molar-refractivity contribution in [2.45, 2.75) is 25.9 Å². The maximum Gasteiger partial charge on any atom is 0.416 e. The lowest BCUT2D eigenvalue weighted by atomic mass is 10.2. The number of nitrogens with one attached hydrogen (secondary N) is 1. The first kappa shape index (κ1) is 22.7. The highest BCUT2D eigenvalue weighted by Gasteiger charge is 2.30. The predicted octanol–water partition coefficient (Wildman–Crippen LogP) is 4.53. The van der Waals surface area contributed by atoms with Crippen molar-refractivity contribution in [3.05, 3.63) is 86.8 Å².